The van der Waals surface area contributed by atoms with Crippen LogP contribution >= 0.6 is 0 Å². The van der Waals surface area contributed by atoms with Gasteiger partial charge in [-0.3, -0.25) is 0 Å². The highest BCUT2D eigenvalue weighted by atomic mass is 16.3. The van der Waals surface area contributed by atoms with Crippen molar-refractivity contribution in [3.8, 4) is 5.75 Å². The van der Waals surface area contributed by atoms with E-state index in [4.69, 9.17) is 0 Å². The lowest BCUT2D eigenvalue weighted by atomic mass is 9.66. The molecule has 0 radical (unpaired) electrons. The Morgan fingerprint density at radius 2 is 1.82 bits per heavy atom. The monoisotopic (exact) mass is 234 g/mol. The predicted molar refractivity (Wildman–Crippen MR) is 63.9 cm³/mol. The van der Waals surface area contributed by atoms with Crippen molar-refractivity contribution >= 4 is 0 Å². The number of hydrogen-bond acceptors (Lipinski definition) is 3. The highest BCUT2D eigenvalue weighted by Gasteiger charge is 2.38. The van der Waals surface area contributed by atoms with Gasteiger partial charge < -0.3 is 15.3 Å². The minimum absolute atomic E-state index is 0.318. The molecule has 17 heavy (non-hydrogen) atoms. The van der Waals surface area contributed by atoms with Crippen molar-refractivity contribution in [3.63, 3.8) is 0 Å². The number of aryl methyl sites for hydroxylation is 1. The van der Waals surface area contributed by atoms with Gasteiger partial charge in [0.2, 0.25) is 0 Å². The van der Waals surface area contributed by atoms with Crippen LogP contribution in [0.25, 0.3) is 0 Å². The number of benzene rings is 1. The van der Waals surface area contributed by atoms with Gasteiger partial charge >= 0.3 is 0 Å². The number of aromatic hydroxyl groups is 1. The van der Waals surface area contributed by atoms with Crippen LogP contribution in [0.1, 0.15) is 36.3 Å². The molecule has 2 aliphatic rings. The number of rotatable bonds is 0. The largest absolute Gasteiger partial charge is 0.508 e. The van der Waals surface area contributed by atoms with Crippen molar-refractivity contribution in [1.29, 1.82) is 0 Å². The van der Waals surface area contributed by atoms with Gasteiger partial charge in [-0.25, -0.2) is 0 Å². The molecule has 0 amide bonds. The van der Waals surface area contributed by atoms with Gasteiger partial charge in [0.25, 0.3) is 0 Å². The summed E-state index contributed by atoms with van der Waals surface area (Å²) in [6, 6.07) is 5.54. The third-order valence-electron chi connectivity index (χ3n) is 4.36. The molecule has 2 aliphatic carbocycles. The van der Waals surface area contributed by atoms with Gasteiger partial charge in [-0.15, -0.1) is 0 Å². The maximum Gasteiger partial charge on any atom is 0.115 e. The van der Waals surface area contributed by atoms with Crippen LogP contribution in [0.5, 0.6) is 5.75 Å². The number of phenolic OH excluding ortho intramolecular Hbond substituents is 1. The van der Waals surface area contributed by atoms with Gasteiger partial charge in [-0.05, 0) is 60.8 Å². The van der Waals surface area contributed by atoms with Crippen LogP contribution in [-0.2, 0) is 6.42 Å². The number of phenols is 1. The molecule has 3 rings (SSSR count). The topological polar surface area (TPSA) is 60.7 Å². The van der Waals surface area contributed by atoms with E-state index in [1.165, 1.54) is 11.1 Å². The van der Waals surface area contributed by atoms with Gasteiger partial charge in [-0.2, -0.15) is 0 Å². The summed E-state index contributed by atoms with van der Waals surface area (Å²) >= 11 is 0. The molecule has 0 heterocycles. The SMILES string of the molecule is Oc1ccc2c(c1)CCC1CC(O)C(O)CC21. The van der Waals surface area contributed by atoms with Crippen LogP contribution in [0.2, 0.25) is 0 Å². The summed E-state index contributed by atoms with van der Waals surface area (Å²) in [7, 11) is 0. The van der Waals surface area contributed by atoms with Crippen molar-refractivity contribution in [2.24, 2.45) is 5.92 Å². The van der Waals surface area contributed by atoms with Crippen molar-refractivity contribution in [1.82, 2.24) is 0 Å². The molecule has 92 valence electrons. The quantitative estimate of drug-likeness (QED) is 0.638. The van der Waals surface area contributed by atoms with E-state index in [0.717, 1.165) is 12.8 Å². The van der Waals surface area contributed by atoms with Crippen LogP contribution in [0, 0.1) is 5.92 Å². The molecule has 0 aromatic heterocycles. The summed E-state index contributed by atoms with van der Waals surface area (Å²) in [4.78, 5) is 0. The number of fused-ring (bicyclic) bond motifs is 3. The average Bonchev–Trinajstić information content (AvgIpc) is 2.30. The Labute approximate surface area is 101 Å². The summed E-state index contributed by atoms with van der Waals surface area (Å²) in [6.07, 6.45) is 2.19. The lowest BCUT2D eigenvalue weighted by molar-refractivity contribution is -0.0366. The second kappa shape index (κ2) is 4.00. The summed E-state index contributed by atoms with van der Waals surface area (Å²) in [6.45, 7) is 0. The Hall–Kier alpha value is -1.06. The fraction of sp³-hybridized carbons (Fsp3) is 0.571. The van der Waals surface area contributed by atoms with Gasteiger partial charge in [-0.1, -0.05) is 6.07 Å². The van der Waals surface area contributed by atoms with Crippen LogP contribution in [0.4, 0.5) is 0 Å². The van der Waals surface area contributed by atoms with E-state index < -0.39 is 12.2 Å². The van der Waals surface area contributed by atoms with E-state index in [1.54, 1.807) is 6.07 Å². The molecule has 0 bridgehead atoms. The lowest BCUT2D eigenvalue weighted by Gasteiger charge is -2.41. The molecule has 1 saturated carbocycles. The maximum atomic E-state index is 9.80. The maximum absolute atomic E-state index is 9.80. The Bertz CT molecular complexity index is 429. The minimum atomic E-state index is -0.601. The van der Waals surface area contributed by atoms with Crippen molar-refractivity contribution in [2.45, 2.75) is 43.8 Å². The van der Waals surface area contributed by atoms with E-state index in [0.29, 0.717) is 30.4 Å². The zero-order valence-corrected chi connectivity index (χ0v) is 9.71. The molecule has 0 aliphatic heterocycles. The fourth-order valence-corrected chi connectivity index (χ4v) is 3.45. The van der Waals surface area contributed by atoms with Gasteiger partial charge in [0.15, 0.2) is 0 Å². The molecule has 3 heteroatoms. The van der Waals surface area contributed by atoms with E-state index in [9.17, 15) is 15.3 Å². The standard InChI is InChI=1S/C14H18O3/c15-10-3-4-11-8(5-10)1-2-9-6-13(16)14(17)7-12(9)11/h3-5,9,12-17H,1-2,6-7H2. The molecule has 3 N–H and O–H groups in total. The lowest BCUT2D eigenvalue weighted by Crippen LogP contribution is -2.39. The molecule has 1 aromatic rings. The first-order valence-corrected chi connectivity index (χ1v) is 6.33. The van der Waals surface area contributed by atoms with Crippen LogP contribution < -0.4 is 0 Å². The van der Waals surface area contributed by atoms with E-state index >= 15 is 0 Å². The summed E-state index contributed by atoms with van der Waals surface area (Å²) in [5.41, 5.74) is 2.46. The molecule has 4 atom stereocenters. The second-order valence-electron chi connectivity index (χ2n) is 5.39. The molecular formula is C14H18O3. The minimum Gasteiger partial charge on any atom is -0.508 e. The summed E-state index contributed by atoms with van der Waals surface area (Å²) < 4.78 is 0. The molecule has 0 spiro atoms. The third-order valence-corrected chi connectivity index (χ3v) is 4.36. The van der Waals surface area contributed by atoms with E-state index in [2.05, 4.69) is 0 Å². The first-order chi connectivity index (χ1) is 8.15. The van der Waals surface area contributed by atoms with Crippen LogP contribution in [-0.4, -0.2) is 27.5 Å². The number of aliphatic hydroxyl groups excluding tert-OH is 2. The number of hydrogen-bond donors (Lipinski definition) is 3. The highest BCUT2D eigenvalue weighted by molar-refractivity contribution is 5.39. The number of aliphatic hydroxyl groups is 2. The Balaban J connectivity index is 1.95. The average molecular weight is 234 g/mol. The zero-order chi connectivity index (χ0) is 12.0. The Morgan fingerprint density at radius 1 is 1.06 bits per heavy atom. The Kier molecular flexibility index (Phi) is 2.60. The van der Waals surface area contributed by atoms with Gasteiger partial charge in [0.05, 0.1) is 12.2 Å². The summed E-state index contributed by atoms with van der Waals surface area (Å²) in [5.74, 6) is 1.14. The first kappa shape index (κ1) is 11.1. The zero-order valence-electron chi connectivity index (χ0n) is 9.71. The Morgan fingerprint density at radius 3 is 2.65 bits per heavy atom. The molecule has 1 fully saturated rings. The molecule has 4 unspecified atom stereocenters. The molecule has 0 saturated heterocycles. The van der Waals surface area contributed by atoms with Gasteiger partial charge in [0, 0.05) is 0 Å². The normalized spacial score (nSPS) is 36.1. The third kappa shape index (κ3) is 1.83. The van der Waals surface area contributed by atoms with Crippen molar-refractivity contribution < 1.29 is 15.3 Å². The molecule has 3 nitrogen and oxygen atoms in total. The van der Waals surface area contributed by atoms with Crippen LogP contribution in [0.15, 0.2) is 18.2 Å². The molecular weight excluding hydrogens is 216 g/mol. The van der Waals surface area contributed by atoms with E-state index in [-0.39, 0.29) is 0 Å². The van der Waals surface area contributed by atoms with Crippen molar-refractivity contribution in [3.05, 3.63) is 29.3 Å². The highest BCUT2D eigenvalue weighted by Crippen LogP contribution is 2.45. The van der Waals surface area contributed by atoms with Crippen molar-refractivity contribution in [2.75, 3.05) is 0 Å². The van der Waals surface area contributed by atoms with Crippen LogP contribution in [0.3, 0.4) is 0 Å². The molecule has 1 aromatic carbocycles. The second-order valence-corrected chi connectivity index (χ2v) is 5.39. The first-order valence-electron chi connectivity index (χ1n) is 6.33. The summed E-state index contributed by atoms with van der Waals surface area (Å²) in [5, 5.41) is 29.0. The fourth-order valence-electron chi connectivity index (χ4n) is 3.45. The van der Waals surface area contributed by atoms with E-state index in [1.807, 2.05) is 12.1 Å². The predicted octanol–water partition coefficient (Wildman–Crippen LogP) is 1.55. The smallest absolute Gasteiger partial charge is 0.115 e. The van der Waals surface area contributed by atoms with Gasteiger partial charge in [0.1, 0.15) is 5.75 Å².